The fourth-order valence-corrected chi connectivity index (χ4v) is 1.82. The fourth-order valence-electron chi connectivity index (χ4n) is 1.82. The summed E-state index contributed by atoms with van der Waals surface area (Å²) in [6, 6.07) is 8.00. The first kappa shape index (κ1) is 15.7. The zero-order valence-electron chi connectivity index (χ0n) is 11.8. The molecule has 0 fully saturated rings. The maximum Gasteiger partial charge on any atom is 0.223 e. The van der Waals surface area contributed by atoms with Crippen molar-refractivity contribution in [3.63, 3.8) is 0 Å². The van der Waals surface area contributed by atoms with Crippen LogP contribution in [-0.4, -0.2) is 19.1 Å². The Morgan fingerprint density at radius 2 is 2.05 bits per heavy atom. The van der Waals surface area contributed by atoms with Crippen molar-refractivity contribution in [2.45, 2.75) is 33.4 Å². The number of amides is 1. The minimum Gasteiger partial charge on any atom is -0.377 e. The van der Waals surface area contributed by atoms with Crippen LogP contribution in [0, 0.1) is 5.92 Å². The Morgan fingerprint density at radius 1 is 1.37 bits per heavy atom. The van der Waals surface area contributed by atoms with Crippen LogP contribution in [0.15, 0.2) is 24.3 Å². The molecule has 1 amide bonds. The molecule has 19 heavy (non-hydrogen) atoms. The first-order chi connectivity index (χ1) is 9.19. The van der Waals surface area contributed by atoms with Gasteiger partial charge in [-0.25, -0.2) is 0 Å². The molecule has 0 bridgehead atoms. The highest BCUT2D eigenvalue weighted by molar-refractivity contribution is 5.78. The number of hydrogen-bond donors (Lipinski definition) is 2. The quantitative estimate of drug-likeness (QED) is 0.753. The Morgan fingerprint density at radius 3 is 2.68 bits per heavy atom. The molecule has 4 nitrogen and oxygen atoms in total. The highest BCUT2D eigenvalue weighted by Gasteiger charge is 2.11. The zero-order chi connectivity index (χ0) is 14.1. The Hall–Kier alpha value is -1.39. The Balaban J connectivity index is 2.54. The molecule has 3 N–H and O–H groups in total. The van der Waals surface area contributed by atoms with Gasteiger partial charge in [0.15, 0.2) is 0 Å². The Kier molecular flexibility index (Phi) is 7.15. The topological polar surface area (TPSA) is 64.3 Å². The normalized spacial score (nSPS) is 12.2. The minimum absolute atomic E-state index is 0.0379. The summed E-state index contributed by atoms with van der Waals surface area (Å²) in [5.41, 5.74) is 7.68. The second kappa shape index (κ2) is 8.67. The lowest BCUT2D eigenvalue weighted by Crippen LogP contribution is -2.30. The molecule has 1 atom stereocenters. The summed E-state index contributed by atoms with van der Waals surface area (Å²) >= 11 is 0. The van der Waals surface area contributed by atoms with E-state index < -0.39 is 0 Å². The molecule has 0 aromatic heterocycles. The van der Waals surface area contributed by atoms with Crippen molar-refractivity contribution in [3.8, 4) is 0 Å². The van der Waals surface area contributed by atoms with E-state index in [0.717, 1.165) is 11.1 Å². The average Bonchev–Trinajstić information content (AvgIpc) is 2.43. The van der Waals surface area contributed by atoms with Crippen molar-refractivity contribution in [1.82, 2.24) is 5.32 Å². The third-order valence-electron chi connectivity index (χ3n) is 3.08. The van der Waals surface area contributed by atoms with Gasteiger partial charge < -0.3 is 15.8 Å². The van der Waals surface area contributed by atoms with E-state index in [9.17, 15) is 4.79 Å². The summed E-state index contributed by atoms with van der Waals surface area (Å²) in [6.07, 6.45) is 0.715. The lowest BCUT2D eigenvalue weighted by atomic mass is 10.1. The summed E-state index contributed by atoms with van der Waals surface area (Å²) in [5, 5.41) is 2.95. The molecule has 4 heteroatoms. The maximum absolute atomic E-state index is 11.8. The van der Waals surface area contributed by atoms with Crippen molar-refractivity contribution in [1.29, 1.82) is 0 Å². The smallest absolute Gasteiger partial charge is 0.223 e. The molecule has 0 aliphatic carbocycles. The molecule has 0 spiro atoms. The average molecular weight is 264 g/mol. The van der Waals surface area contributed by atoms with Crippen molar-refractivity contribution in [2.75, 3.05) is 13.2 Å². The third-order valence-corrected chi connectivity index (χ3v) is 3.08. The van der Waals surface area contributed by atoms with E-state index in [-0.39, 0.29) is 11.8 Å². The van der Waals surface area contributed by atoms with Gasteiger partial charge in [-0.1, -0.05) is 31.2 Å². The van der Waals surface area contributed by atoms with Gasteiger partial charge in [-0.2, -0.15) is 0 Å². The Labute approximate surface area is 115 Å². The Bertz CT molecular complexity index is 393. The zero-order valence-corrected chi connectivity index (χ0v) is 11.8. The van der Waals surface area contributed by atoms with Crippen LogP contribution >= 0.6 is 0 Å². The van der Waals surface area contributed by atoms with E-state index in [1.165, 1.54) is 0 Å². The van der Waals surface area contributed by atoms with Gasteiger partial charge in [-0.3, -0.25) is 4.79 Å². The molecule has 0 heterocycles. The first-order valence-corrected chi connectivity index (χ1v) is 6.81. The van der Waals surface area contributed by atoms with Gasteiger partial charge in [0.25, 0.3) is 0 Å². The monoisotopic (exact) mass is 264 g/mol. The summed E-state index contributed by atoms with van der Waals surface area (Å²) in [7, 11) is 0. The number of nitrogens with two attached hydrogens (primary N) is 1. The second-order valence-electron chi connectivity index (χ2n) is 4.60. The summed E-state index contributed by atoms with van der Waals surface area (Å²) in [4.78, 5) is 11.8. The van der Waals surface area contributed by atoms with Gasteiger partial charge in [0.05, 0.1) is 6.61 Å². The molecule has 0 aliphatic heterocycles. The molecule has 0 saturated carbocycles. The highest BCUT2D eigenvalue weighted by atomic mass is 16.5. The van der Waals surface area contributed by atoms with Crippen LogP contribution in [0.3, 0.4) is 0 Å². The van der Waals surface area contributed by atoms with Gasteiger partial charge in [-0.15, -0.1) is 0 Å². The van der Waals surface area contributed by atoms with Crippen LogP contribution in [0.25, 0.3) is 0 Å². The maximum atomic E-state index is 11.8. The molecule has 106 valence electrons. The van der Waals surface area contributed by atoms with Crippen LogP contribution in [0.4, 0.5) is 0 Å². The molecule has 0 saturated heterocycles. The summed E-state index contributed by atoms with van der Waals surface area (Å²) in [5.74, 6) is 0.0146. The molecule has 1 rings (SSSR count). The summed E-state index contributed by atoms with van der Waals surface area (Å²) < 4.78 is 5.42. The molecular formula is C15H24N2O2. The number of ether oxygens (including phenoxy) is 1. The van der Waals surface area contributed by atoms with Gasteiger partial charge in [0, 0.05) is 19.1 Å². The van der Waals surface area contributed by atoms with Gasteiger partial charge in [0.1, 0.15) is 0 Å². The molecule has 1 aromatic carbocycles. The predicted molar refractivity (Wildman–Crippen MR) is 76.5 cm³/mol. The van der Waals surface area contributed by atoms with Gasteiger partial charge in [0.2, 0.25) is 5.91 Å². The van der Waals surface area contributed by atoms with E-state index >= 15 is 0 Å². The fraction of sp³-hybridized carbons (Fsp3) is 0.533. The van der Waals surface area contributed by atoms with Crippen molar-refractivity contribution in [2.24, 2.45) is 11.7 Å². The summed E-state index contributed by atoms with van der Waals surface area (Å²) in [6.45, 7) is 6.22. The van der Waals surface area contributed by atoms with Gasteiger partial charge >= 0.3 is 0 Å². The van der Waals surface area contributed by atoms with Crippen LogP contribution in [0.1, 0.15) is 31.4 Å². The highest BCUT2D eigenvalue weighted by Crippen LogP contribution is 2.10. The third kappa shape index (κ3) is 5.41. The van der Waals surface area contributed by atoms with E-state index in [4.69, 9.17) is 10.5 Å². The number of nitrogens with one attached hydrogen (secondary N) is 1. The lowest BCUT2D eigenvalue weighted by molar-refractivity contribution is -0.124. The van der Waals surface area contributed by atoms with E-state index in [0.29, 0.717) is 32.7 Å². The molecule has 0 aliphatic rings. The standard InChI is InChI=1S/C15H24N2O2/c1-3-19-11-14-7-5-4-6-13(14)10-17-15(18)12(2)8-9-16/h4-7,12H,3,8-11,16H2,1-2H3,(H,17,18). The van der Waals surface area contributed by atoms with Crippen LogP contribution in [-0.2, 0) is 22.7 Å². The SMILES string of the molecule is CCOCc1ccccc1CNC(=O)C(C)CCN. The molecular weight excluding hydrogens is 240 g/mol. The van der Waals surface area contributed by atoms with Crippen LogP contribution in [0.5, 0.6) is 0 Å². The predicted octanol–water partition coefficient (Wildman–Crippen LogP) is 1.82. The molecule has 0 radical (unpaired) electrons. The minimum atomic E-state index is -0.0379. The van der Waals surface area contributed by atoms with Crippen molar-refractivity contribution >= 4 is 5.91 Å². The number of carbonyl (C=O) groups excluding carboxylic acids is 1. The van der Waals surface area contributed by atoms with Crippen LogP contribution < -0.4 is 11.1 Å². The van der Waals surface area contributed by atoms with E-state index in [2.05, 4.69) is 5.32 Å². The van der Waals surface area contributed by atoms with E-state index in [1.54, 1.807) is 0 Å². The van der Waals surface area contributed by atoms with E-state index in [1.807, 2.05) is 38.1 Å². The van der Waals surface area contributed by atoms with Crippen molar-refractivity contribution < 1.29 is 9.53 Å². The molecule has 1 unspecified atom stereocenters. The van der Waals surface area contributed by atoms with Gasteiger partial charge in [-0.05, 0) is 31.0 Å². The number of benzene rings is 1. The number of hydrogen-bond acceptors (Lipinski definition) is 3. The second-order valence-corrected chi connectivity index (χ2v) is 4.60. The largest absolute Gasteiger partial charge is 0.377 e. The number of rotatable bonds is 8. The molecule has 1 aromatic rings. The lowest BCUT2D eigenvalue weighted by Gasteiger charge is -2.13. The number of carbonyl (C=O) groups is 1. The first-order valence-electron chi connectivity index (χ1n) is 6.81. The van der Waals surface area contributed by atoms with Crippen LogP contribution in [0.2, 0.25) is 0 Å². The van der Waals surface area contributed by atoms with Crippen molar-refractivity contribution in [3.05, 3.63) is 35.4 Å².